The van der Waals surface area contributed by atoms with Gasteiger partial charge in [-0.15, -0.1) is 11.3 Å². The number of esters is 1. The summed E-state index contributed by atoms with van der Waals surface area (Å²) < 4.78 is 5.08. The Kier molecular flexibility index (Phi) is 4.05. The predicted molar refractivity (Wildman–Crippen MR) is 67.4 cm³/mol. The van der Waals surface area contributed by atoms with Crippen LogP contribution in [0.5, 0.6) is 0 Å². The molecule has 86 valence electrons. The maximum atomic E-state index is 11.4. The molecule has 0 saturated carbocycles. The summed E-state index contributed by atoms with van der Waals surface area (Å²) in [4.78, 5) is 15.4. The van der Waals surface area contributed by atoms with Gasteiger partial charge in [0.25, 0.3) is 0 Å². The van der Waals surface area contributed by atoms with Crippen LogP contribution in [0.15, 0.2) is 48.0 Å². The highest BCUT2D eigenvalue weighted by Gasteiger charge is 1.98. The highest BCUT2D eigenvalue weighted by atomic mass is 32.1. The van der Waals surface area contributed by atoms with Crippen molar-refractivity contribution in [3.05, 3.63) is 58.6 Å². The Morgan fingerprint density at radius 3 is 2.88 bits per heavy atom. The SMILES string of the molecule is O=C(C=Cc1nccs1)OCc1ccccc1. The van der Waals surface area contributed by atoms with Crippen molar-refractivity contribution in [2.75, 3.05) is 0 Å². The number of benzene rings is 1. The van der Waals surface area contributed by atoms with Gasteiger partial charge in [0.2, 0.25) is 0 Å². The van der Waals surface area contributed by atoms with Crippen LogP contribution in [0.2, 0.25) is 0 Å². The lowest BCUT2D eigenvalue weighted by molar-refractivity contribution is -0.138. The Labute approximate surface area is 103 Å². The minimum Gasteiger partial charge on any atom is -0.458 e. The van der Waals surface area contributed by atoms with Crippen LogP contribution in [-0.2, 0) is 16.1 Å². The lowest BCUT2D eigenvalue weighted by Crippen LogP contribution is -2.00. The van der Waals surface area contributed by atoms with E-state index in [1.54, 1.807) is 12.3 Å². The van der Waals surface area contributed by atoms with Crippen molar-refractivity contribution in [2.45, 2.75) is 6.61 Å². The zero-order valence-corrected chi connectivity index (χ0v) is 9.89. The monoisotopic (exact) mass is 245 g/mol. The zero-order valence-electron chi connectivity index (χ0n) is 9.08. The molecule has 3 nitrogen and oxygen atoms in total. The second-order valence-electron chi connectivity index (χ2n) is 3.30. The molecule has 0 N–H and O–H groups in total. The molecule has 0 spiro atoms. The van der Waals surface area contributed by atoms with Gasteiger partial charge in [0.05, 0.1) is 0 Å². The molecular formula is C13H11NO2S. The summed E-state index contributed by atoms with van der Waals surface area (Å²) in [6.07, 6.45) is 4.74. The summed E-state index contributed by atoms with van der Waals surface area (Å²) in [5.74, 6) is -0.357. The Balaban J connectivity index is 1.82. The Morgan fingerprint density at radius 2 is 2.18 bits per heavy atom. The molecule has 0 bridgehead atoms. The Hall–Kier alpha value is -1.94. The Morgan fingerprint density at radius 1 is 1.35 bits per heavy atom. The van der Waals surface area contributed by atoms with Crippen molar-refractivity contribution in [3.63, 3.8) is 0 Å². The molecule has 1 heterocycles. The largest absolute Gasteiger partial charge is 0.458 e. The fourth-order valence-corrected chi connectivity index (χ4v) is 1.76. The first-order valence-electron chi connectivity index (χ1n) is 5.13. The van der Waals surface area contributed by atoms with Crippen LogP contribution in [-0.4, -0.2) is 11.0 Å². The highest BCUT2D eigenvalue weighted by molar-refractivity contribution is 7.10. The van der Waals surface area contributed by atoms with Gasteiger partial charge in [0.15, 0.2) is 0 Å². The van der Waals surface area contributed by atoms with Gasteiger partial charge in [-0.25, -0.2) is 9.78 Å². The van der Waals surface area contributed by atoms with E-state index in [-0.39, 0.29) is 5.97 Å². The van der Waals surface area contributed by atoms with E-state index < -0.39 is 0 Å². The molecule has 17 heavy (non-hydrogen) atoms. The van der Waals surface area contributed by atoms with Crippen LogP contribution in [0.1, 0.15) is 10.6 Å². The molecule has 2 rings (SSSR count). The number of carbonyl (C=O) groups is 1. The van der Waals surface area contributed by atoms with E-state index in [9.17, 15) is 4.79 Å². The molecule has 1 aromatic carbocycles. The molecule has 1 aromatic heterocycles. The van der Waals surface area contributed by atoms with E-state index in [0.717, 1.165) is 10.6 Å². The molecule has 4 heteroatoms. The average molecular weight is 245 g/mol. The van der Waals surface area contributed by atoms with Crippen LogP contribution < -0.4 is 0 Å². The maximum absolute atomic E-state index is 11.4. The standard InChI is InChI=1S/C13H11NO2S/c15-13(7-6-12-14-8-9-17-12)16-10-11-4-2-1-3-5-11/h1-9H,10H2. The first-order valence-corrected chi connectivity index (χ1v) is 6.01. The molecule has 0 radical (unpaired) electrons. The van der Waals surface area contributed by atoms with E-state index in [4.69, 9.17) is 4.74 Å². The van der Waals surface area contributed by atoms with E-state index in [0.29, 0.717) is 6.61 Å². The van der Waals surface area contributed by atoms with E-state index >= 15 is 0 Å². The van der Waals surface area contributed by atoms with Gasteiger partial charge in [0.1, 0.15) is 11.6 Å². The minimum absolute atomic E-state index is 0.294. The van der Waals surface area contributed by atoms with Crippen LogP contribution in [0.4, 0.5) is 0 Å². The number of carbonyl (C=O) groups excluding carboxylic acids is 1. The topological polar surface area (TPSA) is 39.2 Å². The molecule has 2 aromatic rings. The fourth-order valence-electron chi connectivity index (χ4n) is 1.23. The molecule has 0 aliphatic rings. The number of thiazole rings is 1. The first-order chi connectivity index (χ1) is 8.34. The summed E-state index contributed by atoms with van der Waals surface area (Å²) in [6.45, 7) is 0.294. The number of rotatable bonds is 4. The molecule has 0 fully saturated rings. The molecule has 0 aliphatic heterocycles. The van der Waals surface area contributed by atoms with E-state index in [1.165, 1.54) is 17.4 Å². The van der Waals surface area contributed by atoms with Crippen molar-refractivity contribution in [3.8, 4) is 0 Å². The molecule has 0 atom stereocenters. The Bertz CT molecular complexity index is 491. The number of hydrogen-bond donors (Lipinski definition) is 0. The fraction of sp³-hybridized carbons (Fsp3) is 0.0769. The van der Waals surface area contributed by atoms with E-state index in [1.807, 2.05) is 35.7 Å². The quantitative estimate of drug-likeness (QED) is 0.614. The van der Waals surface area contributed by atoms with Crippen molar-refractivity contribution in [1.29, 1.82) is 0 Å². The van der Waals surface area contributed by atoms with Crippen LogP contribution >= 0.6 is 11.3 Å². The normalized spacial score (nSPS) is 10.6. The van der Waals surface area contributed by atoms with Crippen molar-refractivity contribution < 1.29 is 9.53 Å². The number of aromatic nitrogens is 1. The van der Waals surface area contributed by atoms with Crippen LogP contribution in [0, 0.1) is 0 Å². The summed E-state index contributed by atoms with van der Waals surface area (Å²) in [7, 11) is 0. The van der Waals surface area contributed by atoms with Gasteiger partial charge in [-0.3, -0.25) is 0 Å². The summed E-state index contributed by atoms with van der Waals surface area (Å²) in [5.41, 5.74) is 0.975. The molecule has 0 saturated heterocycles. The minimum atomic E-state index is -0.357. The zero-order chi connectivity index (χ0) is 11.9. The van der Waals surface area contributed by atoms with Crippen LogP contribution in [0.3, 0.4) is 0 Å². The second-order valence-corrected chi connectivity index (χ2v) is 4.22. The van der Waals surface area contributed by atoms with Gasteiger partial charge < -0.3 is 4.74 Å². The lowest BCUT2D eigenvalue weighted by atomic mass is 10.2. The van der Waals surface area contributed by atoms with Gasteiger partial charge >= 0.3 is 5.97 Å². The second kappa shape index (κ2) is 5.96. The summed E-state index contributed by atoms with van der Waals surface area (Å²) in [6, 6.07) is 9.58. The third kappa shape index (κ3) is 3.85. The molecule has 0 amide bonds. The van der Waals surface area contributed by atoms with Gasteiger partial charge in [-0.05, 0) is 11.6 Å². The number of ether oxygens (including phenoxy) is 1. The first kappa shape index (κ1) is 11.5. The average Bonchev–Trinajstić information content (AvgIpc) is 2.88. The molecule has 0 unspecified atom stereocenters. The van der Waals surface area contributed by atoms with Crippen molar-refractivity contribution in [1.82, 2.24) is 4.98 Å². The van der Waals surface area contributed by atoms with E-state index in [2.05, 4.69) is 4.98 Å². The van der Waals surface area contributed by atoms with Crippen molar-refractivity contribution >= 4 is 23.4 Å². The molecular weight excluding hydrogens is 234 g/mol. The lowest BCUT2D eigenvalue weighted by Gasteiger charge is -2.00. The summed E-state index contributed by atoms with van der Waals surface area (Å²) in [5, 5.41) is 2.65. The van der Waals surface area contributed by atoms with Crippen molar-refractivity contribution in [2.24, 2.45) is 0 Å². The third-order valence-electron chi connectivity index (χ3n) is 2.04. The molecule has 0 aliphatic carbocycles. The highest BCUT2D eigenvalue weighted by Crippen LogP contribution is 2.06. The van der Waals surface area contributed by atoms with Gasteiger partial charge in [0, 0.05) is 17.7 Å². The number of hydrogen-bond acceptors (Lipinski definition) is 4. The van der Waals surface area contributed by atoms with Gasteiger partial charge in [-0.1, -0.05) is 30.3 Å². The third-order valence-corrected chi connectivity index (χ3v) is 2.78. The van der Waals surface area contributed by atoms with Crippen LogP contribution in [0.25, 0.3) is 6.08 Å². The van der Waals surface area contributed by atoms with Gasteiger partial charge in [-0.2, -0.15) is 0 Å². The summed E-state index contributed by atoms with van der Waals surface area (Å²) >= 11 is 1.47. The smallest absolute Gasteiger partial charge is 0.331 e. The maximum Gasteiger partial charge on any atom is 0.331 e. The predicted octanol–water partition coefficient (Wildman–Crippen LogP) is 2.90. The number of nitrogens with zero attached hydrogens (tertiary/aromatic N) is 1.